The molecule has 2 rings (SSSR count). The number of amides is 1. The number of aromatic nitrogens is 1. The van der Waals surface area contributed by atoms with Crippen molar-refractivity contribution in [1.29, 1.82) is 0 Å². The van der Waals surface area contributed by atoms with Crippen molar-refractivity contribution >= 4 is 17.2 Å². The van der Waals surface area contributed by atoms with Gasteiger partial charge in [0.25, 0.3) is 5.91 Å². The molecule has 114 valence electrons. The summed E-state index contributed by atoms with van der Waals surface area (Å²) in [7, 11) is 1.78. The number of rotatable bonds is 5. The maximum atomic E-state index is 12.5. The molecule has 0 spiro atoms. The van der Waals surface area contributed by atoms with Gasteiger partial charge in [-0.1, -0.05) is 13.8 Å². The minimum absolute atomic E-state index is 0.0805. The first-order valence-electron chi connectivity index (χ1n) is 6.81. The van der Waals surface area contributed by atoms with Crippen LogP contribution in [0.4, 0.5) is 0 Å². The summed E-state index contributed by atoms with van der Waals surface area (Å²) in [5, 5.41) is 0.729. The van der Waals surface area contributed by atoms with Crippen molar-refractivity contribution in [3.8, 4) is 10.8 Å². The minimum Gasteiger partial charge on any atom is -0.462 e. The average Bonchev–Trinajstić information content (AvgIpc) is 3.06. The SMILES string of the molecule is Cc1sc(-c2ccco2)nc1C(=O)N(C)CC(C)(C)CN. The van der Waals surface area contributed by atoms with E-state index in [0.717, 1.165) is 9.88 Å². The van der Waals surface area contributed by atoms with Crippen molar-refractivity contribution in [2.75, 3.05) is 20.1 Å². The summed E-state index contributed by atoms with van der Waals surface area (Å²) in [5.41, 5.74) is 6.10. The molecule has 21 heavy (non-hydrogen) atoms. The molecule has 0 radical (unpaired) electrons. The van der Waals surface area contributed by atoms with Crippen molar-refractivity contribution in [2.45, 2.75) is 20.8 Å². The third-order valence-electron chi connectivity index (χ3n) is 3.30. The van der Waals surface area contributed by atoms with Crippen LogP contribution in [0, 0.1) is 12.3 Å². The van der Waals surface area contributed by atoms with E-state index in [2.05, 4.69) is 4.98 Å². The maximum absolute atomic E-state index is 12.5. The van der Waals surface area contributed by atoms with Gasteiger partial charge in [-0.15, -0.1) is 11.3 Å². The van der Waals surface area contributed by atoms with Crippen LogP contribution in [0.5, 0.6) is 0 Å². The van der Waals surface area contributed by atoms with Gasteiger partial charge in [0.15, 0.2) is 10.8 Å². The number of carbonyl (C=O) groups excluding carboxylic acids is 1. The molecule has 0 aliphatic rings. The van der Waals surface area contributed by atoms with E-state index in [0.29, 0.717) is 24.5 Å². The zero-order chi connectivity index (χ0) is 15.6. The second-order valence-electron chi connectivity index (χ2n) is 5.93. The molecule has 0 aliphatic heterocycles. The predicted octanol–water partition coefficient (Wildman–Crippen LogP) is 2.77. The lowest BCUT2D eigenvalue weighted by Crippen LogP contribution is -2.40. The molecule has 2 aromatic heterocycles. The van der Waals surface area contributed by atoms with Gasteiger partial charge in [0.1, 0.15) is 5.69 Å². The highest BCUT2D eigenvalue weighted by Crippen LogP contribution is 2.28. The Hall–Kier alpha value is -1.66. The number of hydrogen-bond acceptors (Lipinski definition) is 5. The van der Waals surface area contributed by atoms with E-state index in [-0.39, 0.29) is 11.3 Å². The van der Waals surface area contributed by atoms with E-state index in [9.17, 15) is 4.79 Å². The number of carbonyl (C=O) groups is 1. The topological polar surface area (TPSA) is 72.4 Å². The molecule has 0 aromatic carbocycles. The fourth-order valence-electron chi connectivity index (χ4n) is 2.06. The Kier molecular flexibility index (Phi) is 4.49. The van der Waals surface area contributed by atoms with E-state index in [4.69, 9.17) is 10.2 Å². The van der Waals surface area contributed by atoms with Crippen LogP contribution in [0.1, 0.15) is 29.2 Å². The summed E-state index contributed by atoms with van der Waals surface area (Å²) in [4.78, 5) is 19.5. The van der Waals surface area contributed by atoms with Crippen LogP contribution in [-0.4, -0.2) is 35.9 Å². The summed E-state index contributed by atoms with van der Waals surface area (Å²) >= 11 is 1.46. The fourth-order valence-corrected chi connectivity index (χ4v) is 2.93. The van der Waals surface area contributed by atoms with Crippen LogP contribution in [0.25, 0.3) is 10.8 Å². The molecule has 0 bridgehead atoms. The third kappa shape index (κ3) is 3.51. The summed E-state index contributed by atoms with van der Waals surface area (Å²) in [6, 6.07) is 3.65. The monoisotopic (exact) mass is 307 g/mol. The van der Waals surface area contributed by atoms with Crippen LogP contribution < -0.4 is 5.73 Å². The molecule has 0 aliphatic carbocycles. The summed E-state index contributed by atoms with van der Waals surface area (Å²) < 4.78 is 5.33. The molecule has 2 N–H and O–H groups in total. The molecular weight excluding hydrogens is 286 g/mol. The molecule has 2 aromatic rings. The van der Waals surface area contributed by atoms with Crippen LogP contribution in [-0.2, 0) is 0 Å². The van der Waals surface area contributed by atoms with Gasteiger partial charge in [-0.3, -0.25) is 4.79 Å². The van der Waals surface area contributed by atoms with Crippen LogP contribution in [0.2, 0.25) is 0 Å². The average molecular weight is 307 g/mol. The van der Waals surface area contributed by atoms with Gasteiger partial charge in [0.05, 0.1) is 6.26 Å². The van der Waals surface area contributed by atoms with Crippen molar-refractivity contribution in [1.82, 2.24) is 9.88 Å². The Morgan fingerprint density at radius 1 is 1.52 bits per heavy atom. The largest absolute Gasteiger partial charge is 0.462 e. The standard InChI is InChI=1S/C15H21N3O2S/c1-10-12(14(19)18(4)9-15(2,3)8-16)17-13(21-10)11-6-5-7-20-11/h5-7H,8-9,16H2,1-4H3. The van der Waals surface area contributed by atoms with Crippen molar-refractivity contribution < 1.29 is 9.21 Å². The molecule has 2 heterocycles. The molecule has 0 unspecified atom stereocenters. The van der Waals surface area contributed by atoms with Gasteiger partial charge in [0, 0.05) is 18.5 Å². The van der Waals surface area contributed by atoms with Gasteiger partial charge < -0.3 is 15.1 Å². The summed E-state index contributed by atoms with van der Waals surface area (Å²) in [5.74, 6) is 0.607. The minimum atomic E-state index is -0.113. The van der Waals surface area contributed by atoms with Gasteiger partial charge in [-0.25, -0.2) is 4.98 Å². The first kappa shape index (κ1) is 15.7. The highest BCUT2D eigenvalue weighted by atomic mass is 32.1. The number of thiazole rings is 1. The molecule has 0 saturated carbocycles. The lowest BCUT2D eigenvalue weighted by atomic mass is 9.93. The Balaban J connectivity index is 2.20. The highest BCUT2D eigenvalue weighted by molar-refractivity contribution is 7.15. The normalized spacial score (nSPS) is 11.7. The zero-order valence-corrected chi connectivity index (χ0v) is 13.7. The molecule has 1 amide bonds. The lowest BCUT2D eigenvalue weighted by molar-refractivity contribution is 0.0735. The quantitative estimate of drug-likeness (QED) is 0.922. The Labute approximate surface area is 128 Å². The van der Waals surface area contributed by atoms with E-state index in [1.165, 1.54) is 11.3 Å². The van der Waals surface area contributed by atoms with Crippen LogP contribution in [0.15, 0.2) is 22.8 Å². The second kappa shape index (κ2) is 5.99. The number of hydrogen-bond donors (Lipinski definition) is 1. The lowest BCUT2D eigenvalue weighted by Gasteiger charge is -2.28. The maximum Gasteiger partial charge on any atom is 0.273 e. The molecule has 0 saturated heterocycles. The number of aryl methyl sites for hydroxylation is 1. The Bertz CT molecular complexity index is 617. The molecule has 5 nitrogen and oxygen atoms in total. The number of nitrogens with two attached hydrogens (primary N) is 1. The smallest absolute Gasteiger partial charge is 0.273 e. The molecule has 0 atom stereocenters. The van der Waals surface area contributed by atoms with E-state index in [1.54, 1.807) is 18.2 Å². The Morgan fingerprint density at radius 3 is 2.81 bits per heavy atom. The second-order valence-corrected chi connectivity index (χ2v) is 7.13. The van der Waals surface area contributed by atoms with E-state index < -0.39 is 0 Å². The fraction of sp³-hybridized carbons (Fsp3) is 0.467. The van der Waals surface area contributed by atoms with E-state index in [1.807, 2.05) is 32.9 Å². The van der Waals surface area contributed by atoms with Gasteiger partial charge >= 0.3 is 0 Å². The van der Waals surface area contributed by atoms with Gasteiger partial charge in [-0.2, -0.15) is 0 Å². The summed E-state index contributed by atoms with van der Waals surface area (Å²) in [6.07, 6.45) is 1.60. The number of furan rings is 1. The predicted molar refractivity (Wildman–Crippen MR) is 84.3 cm³/mol. The summed E-state index contributed by atoms with van der Waals surface area (Å²) in [6.45, 7) is 7.10. The van der Waals surface area contributed by atoms with Crippen molar-refractivity contribution in [3.05, 3.63) is 29.0 Å². The van der Waals surface area contributed by atoms with Gasteiger partial charge in [0.2, 0.25) is 0 Å². The van der Waals surface area contributed by atoms with Crippen molar-refractivity contribution in [2.24, 2.45) is 11.1 Å². The highest BCUT2D eigenvalue weighted by Gasteiger charge is 2.25. The van der Waals surface area contributed by atoms with Crippen LogP contribution in [0.3, 0.4) is 0 Å². The number of nitrogens with zero attached hydrogens (tertiary/aromatic N) is 2. The molecule has 6 heteroatoms. The van der Waals surface area contributed by atoms with E-state index >= 15 is 0 Å². The van der Waals surface area contributed by atoms with Gasteiger partial charge in [-0.05, 0) is 31.0 Å². The van der Waals surface area contributed by atoms with Crippen molar-refractivity contribution in [3.63, 3.8) is 0 Å². The third-order valence-corrected chi connectivity index (χ3v) is 4.28. The zero-order valence-electron chi connectivity index (χ0n) is 12.8. The molecule has 0 fully saturated rings. The first-order valence-corrected chi connectivity index (χ1v) is 7.62. The Morgan fingerprint density at radius 2 is 2.24 bits per heavy atom. The van der Waals surface area contributed by atoms with Crippen LogP contribution >= 0.6 is 11.3 Å². The molecular formula is C15H21N3O2S. The first-order chi connectivity index (χ1) is 9.84.